The smallest absolute Gasteiger partial charge is 0.229 e. The second-order valence-electron chi connectivity index (χ2n) is 5.79. The van der Waals surface area contributed by atoms with Gasteiger partial charge in [0.05, 0.1) is 6.20 Å². The fraction of sp³-hybridized carbons (Fsp3) is 0.278. The number of nitrogens with zero attached hydrogens (tertiary/aromatic N) is 6. The maximum atomic E-state index is 4.85. The molecule has 0 fully saturated rings. The summed E-state index contributed by atoms with van der Waals surface area (Å²) < 4.78 is 3.94. The van der Waals surface area contributed by atoms with E-state index in [1.54, 1.807) is 6.20 Å². The first-order valence-corrected chi connectivity index (χ1v) is 8.24. The Balaban J connectivity index is 2.03. The normalized spacial score (nSPS) is 11.5. The largest absolute Gasteiger partial charge is 0.350 e. The molecule has 0 atom stereocenters. The van der Waals surface area contributed by atoms with Crippen molar-refractivity contribution in [1.29, 1.82) is 0 Å². The molecule has 0 bridgehead atoms. The predicted octanol–water partition coefficient (Wildman–Crippen LogP) is 3.13. The van der Waals surface area contributed by atoms with Gasteiger partial charge in [-0.1, -0.05) is 18.2 Å². The number of para-hydroxylation sites is 1. The van der Waals surface area contributed by atoms with Crippen molar-refractivity contribution in [2.24, 2.45) is 7.05 Å². The van der Waals surface area contributed by atoms with E-state index in [4.69, 9.17) is 4.98 Å². The van der Waals surface area contributed by atoms with Crippen molar-refractivity contribution in [1.82, 2.24) is 24.1 Å². The third-order valence-electron chi connectivity index (χ3n) is 4.43. The zero-order valence-corrected chi connectivity index (χ0v) is 14.1. The van der Waals surface area contributed by atoms with E-state index in [2.05, 4.69) is 70.9 Å². The molecule has 0 aliphatic rings. The van der Waals surface area contributed by atoms with Crippen LogP contribution in [0.4, 0.5) is 5.95 Å². The van der Waals surface area contributed by atoms with Gasteiger partial charge in [-0.3, -0.25) is 0 Å². The van der Waals surface area contributed by atoms with E-state index in [-0.39, 0.29) is 0 Å². The number of benzene rings is 1. The van der Waals surface area contributed by atoms with Gasteiger partial charge in [0.15, 0.2) is 11.5 Å². The topological polar surface area (TPSA) is 51.2 Å². The lowest BCUT2D eigenvalue weighted by atomic mass is 10.1. The Morgan fingerprint density at radius 3 is 2.62 bits per heavy atom. The van der Waals surface area contributed by atoms with Gasteiger partial charge in [0.25, 0.3) is 0 Å². The van der Waals surface area contributed by atoms with E-state index in [9.17, 15) is 0 Å². The van der Waals surface area contributed by atoms with Gasteiger partial charge in [-0.15, -0.1) is 0 Å². The molecule has 0 aliphatic heterocycles. The number of aryl methyl sites for hydroxylation is 1. The first-order chi connectivity index (χ1) is 11.7. The van der Waals surface area contributed by atoms with E-state index < -0.39 is 0 Å². The minimum Gasteiger partial charge on any atom is -0.350 e. The summed E-state index contributed by atoms with van der Waals surface area (Å²) in [6.07, 6.45) is 3.88. The molecular weight excluding hydrogens is 300 g/mol. The summed E-state index contributed by atoms with van der Waals surface area (Å²) in [6.45, 7) is 5.97. The number of anilines is 1. The van der Waals surface area contributed by atoms with Crippen molar-refractivity contribution >= 4 is 22.5 Å². The first-order valence-electron chi connectivity index (χ1n) is 8.24. The Labute approximate surface area is 140 Å². The lowest BCUT2D eigenvalue weighted by Gasteiger charge is -2.19. The van der Waals surface area contributed by atoms with Gasteiger partial charge in [-0.2, -0.15) is 19.6 Å². The Kier molecular flexibility index (Phi) is 3.45. The van der Waals surface area contributed by atoms with Crippen LogP contribution >= 0.6 is 0 Å². The van der Waals surface area contributed by atoms with Gasteiger partial charge in [0.2, 0.25) is 5.95 Å². The molecule has 0 radical (unpaired) electrons. The Bertz CT molecular complexity index is 1010. The molecule has 3 aromatic heterocycles. The minimum atomic E-state index is 0.746. The summed E-state index contributed by atoms with van der Waals surface area (Å²) in [4.78, 5) is 11.7. The standard InChI is InChI=1S/C18H20N6/c1-4-23(5-2)18-20-16-10-11-19-24(16)17(21-18)14-12-22(3)15-9-7-6-8-13(14)15/h6-12H,4-5H2,1-3H3. The average Bonchev–Trinajstić information content (AvgIpc) is 3.20. The van der Waals surface area contributed by atoms with Gasteiger partial charge in [0, 0.05) is 48.9 Å². The molecule has 0 unspecified atom stereocenters. The predicted molar refractivity (Wildman–Crippen MR) is 96.3 cm³/mol. The highest BCUT2D eigenvalue weighted by Crippen LogP contribution is 2.29. The van der Waals surface area contributed by atoms with Crippen LogP contribution in [0.3, 0.4) is 0 Å². The quantitative estimate of drug-likeness (QED) is 0.580. The molecule has 0 saturated heterocycles. The molecule has 4 rings (SSSR count). The van der Waals surface area contributed by atoms with E-state index in [0.29, 0.717) is 0 Å². The zero-order chi connectivity index (χ0) is 16.7. The maximum Gasteiger partial charge on any atom is 0.229 e. The average molecular weight is 320 g/mol. The summed E-state index contributed by atoms with van der Waals surface area (Å²) >= 11 is 0. The molecule has 3 heterocycles. The van der Waals surface area contributed by atoms with E-state index >= 15 is 0 Å². The molecule has 0 amide bonds. The Morgan fingerprint density at radius 2 is 1.83 bits per heavy atom. The lowest BCUT2D eigenvalue weighted by Crippen LogP contribution is -2.25. The van der Waals surface area contributed by atoms with Gasteiger partial charge >= 0.3 is 0 Å². The lowest BCUT2D eigenvalue weighted by molar-refractivity contribution is 0.803. The Morgan fingerprint density at radius 1 is 1.04 bits per heavy atom. The molecule has 1 aromatic carbocycles. The molecule has 0 N–H and O–H groups in total. The minimum absolute atomic E-state index is 0.746. The van der Waals surface area contributed by atoms with Crippen LogP contribution in [0.5, 0.6) is 0 Å². The van der Waals surface area contributed by atoms with Crippen LogP contribution in [-0.4, -0.2) is 37.2 Å². The van der Waals surface area contributed by atoms with Gasteiger partial charge in [-0.05, 0) is 19.9 Å². The highest BCUT2D eigenvalue weighted by molar-refractivity contribution is 5.94. The number of rotatable bonds is 4. The van der Waals surface area contributed by atoms with Gasteiger partial charge in [0.1, 0.15) is 0 Å². The number of hydrogen-bond donors (Lipinski definition) is 0. The SMILES string of the molecule is CCN(CC)c1nc(-c2cn(C)c3ccccc23)n2nccc2n1. The fourth-order valence-electron chi connectivity index (χ4n) is 3.16. The molecule has 0 saturated carbocycles. The van der Waals surface area contributed by atoms with Crippen molar-refractivity contribution < 1.29 is 0 Å². The molecule has 4 aromatic rings. The Hall–Kier alpha value is -2.89. The number of hydrogen-bond acceptors (Lipinski definition) is 4. The molecule has 122 valence electrons. The van der Waals surface area contributed by atoms with Crippen LogP contribution in [0, 0.1) is 0 Å². The van der Waals surface area contributed by atoms with Crippen molar-refractivity contribution in [2.75, 3.05) is 18.0 Å². The van der Waals surface area contributed by atoms with Gasteiger partial charge < -0.3 is 9.47 Å². The zero-order valence-electron chi connectivity index (χ0n) is 14.1. The highest BCUT2D eigenvalue weighted by atomic mass is 15.3. The molecule has 0 aliphatic carbocycles. The summed E-state index contributed by atoms with van der Waals surface area (Å²) in [5.41, 5.74) is 3.06. The summed E-state index contributed by atoms with van der Waals surface area (Å²) in [7, 11) is 2.05. The van der Waals surface area contributed by atoms with Crippen LogP contribution < -0.4 is 4.90 Å². The number of fused-ring (bicyclic) bond motifs is 2. The second kappa shape index (κ2) is 5.63. The second-order valence-corrected chi connectivity index (χ2v) is 5.79. The van der Waals surface area contributed by atoms with Crippen LogP contribution in [0.25, 0.3) is 27.9 Å². The van der Waals surface area contributed by atoms with Crippen LogP contribution in [-0.2, 0) is 7.05 Å². The third kappa shape index (κ3) is 2.14. The molecule has 6 nitrogen and oxygen atoms in total. The maximum absolute atomic E-state index is 4.85. The van der Waals surface area contributed by atoms with E-state index in [1.807, 2.05) is 10.6 Å². The third-order valence-corrected chi connectivity index (χ3v) is 4.43. The fourth-order valence-corrected chi connectivity index (χ4v) is 3.16. The van der Waals surface area contributed by atoms with Crippen molar-refractivity contribution in [3.8, 4) is 11.4 Å². The van der Waals surface area contributed by atoms with Crippen molar-refractivity contribution in [2.45, 2.75) is 13.8 Å². The van der Waals surface area contributed by atoms with Crippen molar-refractivity contribution in [3.05, 3.63) is 42.7 Å². The summed E-state index contributed by atoms with van der Waals surface area (Å²) in [5.74, 6) is 1.57. The molecular formula is C18H20N6. The van der Waals surface area contributed by atoms with E-state index in [1.165, 1.54) is 10.9 Å². The van der Waals surface area contributed by atoms with Gasteiger partial charge in [-0.25, -0.2) is 0 Å². The van der Waals surface area contributed by atoms with Crippen molar-refractivity contribution in [3.63, 3.8) is 0 Å². The number of aromatic nitrogens is 5. The van der Waals surface area contributed by atoms with Crippen LogP contribution in [0.1, 0.15) is 13.8 Å². The van der Waals surface area contributed by atoms with Crippen LogP contribution in [0.15, 0.2) is 42.7 Å². The molecule has 24 heavy (non-hydrogen) atoms. The molecule has 0 spiro atoms. The highest BCUT2D eigenvalue weighted by Gasteiger charge is 2.17. The first kappa shape index (κ1) is 14.7. The van der Waals surface area contributed by atoms with Crippen LogP contribution in [0.2, 0.25) is 0 Å². The van der Waals surface area contributed by atoms with E-state index in [0.717, 1.165) is 36.1 Å². The monoisotopic (exact) mass is 320 g/mol. The summed E-state index contributed by atoms with van der Waals surface area (Å²) in [6, 6.07) is 10.3. The molecule has 6 heteroatoms. The summed E-state index contributed by atoms with van der Waals surface area (Å²) in [5, 5.41) is 5.59.